The number of H-pyrrole nitrogens is 1. The molecule has 1 fully saturated rings. The number of carbonyl (C=O) groups is 1. The van der Waals surface area contributed by atoms with Crippen LogP contribution in [0.25, 0.3) is 16.8 Å². The molecule has 0 radical (unpaired) electrons. The van der Waals surface area contributed by atoms with E-state index in [1.54, 1.807) is 0 Å². The van der Waals surface area contributed by atoms with Gasteiger partial charge in [-0.1, -0.05) is 12.1 Å². The molecule has 3 aromatic rings. The summed E-state index contributed by atoms with van der Waals surface area (Å²) in [6.07, 6.45) is 3.34. The average Bonchev–Trinajstić information content (AvgIpc) is 3.07. The third-order valence-corrected chi connectivity index (χ3v) is 5.36. The minimum absolute atomic E-state index is 0.145. The zero-order valence-electron chi connectivity index (χ0n) is 13.9. The number of para-hydroxylation sites is 2. The van der Waals surface area contributed by atoms with Crippen LogP contribution in [0.15, 0.2) is 24.3 Å². The summed E-state index contributed by atoms with van der Waals surface area (Å²) < 4.78 is 4.39. The van der Waals surface area contributed by atoms with Crippen LogP contribution in [0.3, 0.4) is 0 Å². The third-order valence-electron chi connectivity index (χ3n) is 5.08. The molecule has 4 rings (SSSR count). The van der Waals surface area contributed by atoms with Crippen molar-refractivity contribution in [3.63, 3.8) is 0 Å². The zero-order chi connectivity index (χ0) is 16.8. The van der Waals surface area contributed by atoms with Gasteiger partial charge in [-0.05, 0) is 57.5 Å². The first kappa shape index (κ1) is 15.4. The Balaban J connectivity index is 1.78. The minimum Gasteiger partial charge on any atom is -0.336 e. The van der Waals surface area contributed by atoms with Crippen LogP contribution < -0.4 is 0 Å². The van der Waals surface area contributed by atoms with E-state index in [-0.39, 0.29) is 12.5 Å². The van der Waals surface area contributed by atoms with E-state index in [4.69, 9.17) is 12.2 Å². The number of likely N-dealkylation sites (tertiary alicyclic amines) is 1. The number of nitrogens with zero attached hydrogens (tertiary/aromatic N) is 4. The van der Waals surface area contributed by atoms with E-state index in [9.17, 15) is 4.79 Å². The number of imidazole rings is 1. The SMILES string of the molecule is C[C@@H]1CCC[C@@H](C)N1C(=O)Cn1c2ccccc2n2c(=S)[nH]nc12. The van der Waals surface area contributed by atoms with E-state index in [1.807, 2.05) is 38.1 Å². The highest BCUT2D eigenvalue weighted by molar-refractivity contribution is 7.71. The molecule has 2 atom stereocenters. The lowest BCUT2D eigenvalue weighted by atomic mass is 9.97. The largest absolute Gasteiger partial charge is 0.336 e. The summed E-state index contributed by atoms with van der Waals surface area (Å²) in [7, 11) is 0. The maximum absolute atomic E-state index is 13.0. The van der Waals surface area contributed by atoms with Crippen LogP contribution in [0.1, 0.15) is 33.1 Å². The van der Waals surface area contributed by atoms with E-state index in [1.165, 1.54) is 6.42 Å². The topological polar surface area (TPSA) is 58.3 Å². The molecule has 6 nitrogen and oxygen atoms in total. The number of carbonyl (C=O) groups excluding carboxylic acids is 1. The number of aromatic amines is 1. The second-order valence-corrected chi connectivity index (χ2v) is 7.06. The average molecular weight is 343 g/mol. The predicted molar refractivity (Wildman–Crippen MR) is 95.5 cm³/mol. The maximum atomic E-state index is 13.0. The second kappa shape index (κ2) is 5.73. The molecular weight excluding hydrogens is 322 g/mol. The number of hydrogen-bond acceptors (Lipinski definition) is 3. The Morgan fingerprint density at radius 3 is 2.62 bits per heavy atom. The molecule has 0 bridgehead atoms. The van der Waals surface area contributed by atoms with Crippen molar-refractivity contribution < 1.29 is 4.79 Å². The van der Waals surface area contributed by atoms with E-state index < -0.39 is 0 Å². The molecule has 3 heterocycles. The van der Waals surface area contributed by atoms with Crippen LogP contribution in [0.2, 0.25) is 0 Å². The molecular formula is C17H21N5OS. The van der Waals surface area contributed by atoms with Crippen LogP contribution >= 0.6 is 12.2 Å². The summed E-state index contributed by atoms with van der Waals surface area (Å²) >= 11 is 5.34. The molecule has 0 unspecified atom stereocenters. The van der Waals surface area contributed by atoms with Crippen LogP contribution in [0, 0.1) is 4.77 Å². The molecule has 1 N–H and O–H groups in total. The third kappa shape index (κ3) is 2.26. The summed E-state index contributed by atoms with van der Waals surface area (Å²) in [6.45, 7) is 4.56. The van der Waals surface area contributed by atoms with Crippen molar-refractivity contribution in [2.45, 2.75) is 51.7 Å². The van der Waals surface area contributed by atoms with E-state index in [2.05, 4.69) is 24.0 Å². The Kier molecular flexibility index (Phi) is 3.68. The Labute approximate surface area is 145 Å². The molecule has 1 saturated heterocycles. The number of aromatic nitrogens is 4. The molecule has 7 heteroatoms. The first-order valence-electron chi connectivity index (χ1n) is 8.43. The van der Waals surface area contributed by atoms with Crippen molar-refractivity contribution in [2.75, 3.05) is 0 Å². The van der Waals surface area contributed by atoms with Gasteiger partial charge < -0.3 is 4.90 Å². The van der Waals surface area contributed by atoms with E-state index >= 15 is 0 Å². The Hall–Kier alpha value is -2.15. The van der Waals surface area contributed by atoms with Gasteiger partial charge in [-0.3, -0.25) is 13.8 Å². The first-order valence-corrected chi connectivity index (χ1v) is 8.84. The fourth-order valence-electron chi connectivity index (χ4n) is 3.96. The van der Waals surface area contributed by atoms with Crippen molar-refractivity contribution in [3.8, 4) is 0 Å². The number of piperidine rings is 1. The van der Waals surface area contributed by atoms with E-state index in [0.717, 1.165) is 23.9 Å². The number of benzene rings is 1. The highest BCUT2D eigenvalue weighted by Crippen LogP contribution is 2.25. The standard InChI is InChI=1S/C17H21N5OS/c1-11-6-5-7-12(2)21(11)15(23)10-20-13-8-3-4-9-14(13)22-16(20)18-19-17(22)24/h3-4,8-9,11-12H,5-7,10H2,1-2H3,(H,19,24)/t11-,12-/m1/s1. The highest BCUT2D eigenvalue weighted by Gasteiger charge is 2.29. The number of fused-ring (bicyclic) bond motifs is 3. The molecule has 0 saturated carbocycles. The van der Waals surface area contributed by atoms with Crippen LogP contribution in [-0.4, -0.2) is 42.1 Å². The van der Waals surface area contributed by atoms with Gasteiger partial charge in [-0.25, -0.2) is 5.10 Å². The molecule has 1 aromatic carbocycles. The van der Waals surface area contributed by atoms with Gasteiger partial charge in [0.25, 0.3) is 0 Å². The van der Waals surface area contributed by atoms with Gasteiger partial charge in [-0.2, -0.15) is 0 Å². The summed E-state index contributed by atoms with van der Waals surface area (Å²) in [5, 5.41) is 7.16. The van der Waals surface area contributed by atoms with Crippen molar-refractivity contribution in [1.29, 1.82) is 0 Å². The first-order chi connectivity index (χ1) is 11.6. The van der Waals surface area contributed by atoms with Gasteiger partial charge in [0.05, 0.1) is 11.0 Å². The fourth-order valence-corrected chi connectivity index (χ4v) is 4.19. The molecule has 1 aliphatic rings. The molecule has 0 spiro atoms. The zero-order valence-corrected chi connectivity index (χ0v) is 14.7. The Morgan fingerprint density at radius 1 is 1.25 bits per heavy atom. The van der Waals surface area contributed by atoms with Gasteiger partial charge in [0, 0.05) is 12.1 Å². The lowest BCUT2D eigenvalue weighted by molar-refractivity contribution is -0.137. The van der Waals surface area contributed by atoms with Crippen LogP contribution in [0.4, 0.5) is 0 Å². The summed E-state index contributed by atoms with van der Waals surface area (Å²) in [5.41, 5.74) is 1.95. The molecule has 126 valence electrons. The van der Waals surface area contributed by atoms with Gasteiger partial charge >= 0.3 is 0 Å². The van der Waals surface area contributed by atoms with Gasteiger partial charge in [0.1, 0.15) is 6.54 Å². The quantitative estimate of drug-likeness (QED) is 0.727. The van der Waals surface area contributed by atoms with Crippen LogP contribution in [0.5, 0.6) is 0 Å². The van der Waals surface area contributed by atoms with E-state index in [0.29, 0.717) is 22.6 Å². The second-order valence-electron chi connectivity index (χ2n) is 6.67. The van der Waals surface area contributed by atoms with Crippen molar-refractivity contribution in [1.82, 2.24) is 24.1 Å². The Bertz CT molecular complexity index is 958. The predicted octanol–water partition coefficient (Wildman–Crippen LogP) is 3.14. The summed E-state index contributed by atoms with van der Waals surface area (Å²) in [6, 6.07) is 8.54. The number of amides is 1. The minimum atomic E-state index is 0.145. The van der Waals surface area contributed by atoms with Gasteiger partial charge in [-0.15, -0.1) is 5.10 Å². The van der Waals surface area contributed by atoms with Gasteiger partial charge in [0.2, 0.25) is 16.5 Å². The Morgan fingerprint density at radius 2 is 1.92 bits per heavy atom. The summed E-state index contributed by atoms with van der Waals surface area (Å²) in [4.78, 5) is 15.1. The lowest BCUT2D eigenvalue weighted by Crippen LogP contribution is -2.48. The molecule has 0 aliphatic carbocycles. The lowest BCUT2D eigenvalue weighted by Gasteiger charge is -2.39. The fraction of sp³-hybridized carbons (Fsp3) is 0.471. The highest BCUT2D eigenvalue weighted by atomic mass is 32.1. The number of nitrogens with one attached hydrogen (secondary N) is 1. The monoisotopic (exact) mass is 343 g/mol. The normalized spacial score (nSPS) is 21.7. The maximum Gasteiger partial charge on any atom is 0.243 e. The van der Waals surface area contributed by atoms with Crippen molar-refractivity contribution in [2.24, 2.45) is 0 Å². The summed E-state index contributed by atoms with van der Waals surface area (Å²) in [5.74, 6) is 0.832. The number of hydrogen-bond donors (Lipinski definition) is 1. The molecule has 24 heavy (non-hydrogen) atoms. The molecule has 1 amide bonds. The smallest absolute Gasteiger partial charge is 0.243 e. The number of rotatable bonds is 2. The van der Waals surface area contributed by atoms with Crippen molar-refractivity contribution in [3.05, 3.63) is 29.0 Å². The van der Waals surface area contributed by atoms with Crippen molar-refractivity contribution >= 4 is 34.9 Å². The molecule has 2 aromatic heterocycles. The van der Waals surface area contributed by atoms with Crippen LogP contribution in [-0.2, 0) is 11.3 Å². The van der Waals surface area contributed by atoms with Gasteiger partial charge in [0.15, 0.2) is 0 Å². The molecule has 1 aliphatic heterocycles.